The molecule has 180 valence electrons. The number of rotatable bonds is 8. The third-order valence-electron chi connectivity index (χ3n) is 3.60. The van der Waals surface area contributed by atoms with Gasteiger partial charge in [-0.15, -0.1) is 23.2 Å². The number of carbonyl (C=O) groups is 1. The van der Waals surface area contributed by atoms with Crippen molar-refractivity contribution in [2.24, 2.45) is 0 Å². The molecule has 0 aliphatic carbocycles. The molecule has 0 amide bonds. The van der Waals surface area contributed by atoms with E-state index in [9.17, 15) is 18.1 Å². The van der Waals surface area contributed by atoms with Crippen molar-refractivity contribution >= 4 is 51.6 Å². The first-order valence-electron chi connectivity index (χ1n) is 9.61. The lowest BCUT2D eigenvalue weighted by Gasteiger charge is -2.11. The zero-order chi connectivity index (χ0) is 24.6. The molecule has 0 bridgehead atoms. The highest BCUT2D eigenvalue weighted by Crippen LogP contribution is 2.28. The van der Waals surface area contributed by atoms with Crippen LogP contribution in [0, 0.1) is 0 Å². The van der Waals surface area contributed by atoms with Gasteiger partial charge in [0, 0.05) is 26.7 Å². The van der Waals surface area contributed by atoms with Crippen LogP contribution in [0.4, 0.5) is 24.8 Å². The van der Waals surface area contributed by atoms with E-state index >= 15 is 0 Å². The van der Waals surface area contributed by atoms with E-state index < -0.39 is 12.0 Å². The number of anilines is 2. The van der Waals surface area contributed by atoms with Crippen LogP contribution in [0.25, 0.3) is 10.9 Å². The molecule has 3 aromatic rings. The number of ether oxygens (including phenoxy) is 1. The van der Waals surface area contributed by atoms with Crippen LogP contribution in [-0.4, -0.2) is 43.1 Å². The van der Waals surface area contributed by atoms with E-state index in [4.69, 9.17) is 27.9 Å². The van der Waals surface area contributed by atoms with Crippen LogP contribution >= 0.6 is 23.2 Å². The summed E-state index contributed by atoms with van der Waals surface area (Å²) in [5.41, 5.74) is 0.647. The molecular weight excluding hydrogens is 486 g/mol. The SMILES string of the molecule is CC(C)(C)Cl.O=C(OF)C(F)(F)n1cc(Nc2ncnc3cc(OCCCCl)ccc23)cn1. The summed E-state index contributed by atoms with van der Waals surface area (Å²) in [5, 5.41) is 6.74. The normalized spacial score (nSPS) is 11.5. The van der Waals surface area contributed by atoms with Crippen molar-refractivity contribution < 1.29 is 27.8 Å². The number of benzene rings is 1. The number of nitrogens with one attached hydrogen (secondary N) is 1. The standard InChI is InChI=1S/C16H13ClF3N5O3.C4H9Cl/c17-4-1-5-27-11-2-3-12-13(6-11)21-9-22-14(12)24-10-7-23-25(8-10)16(18,19)15(26)28-20;1-4(2,3)5/h2-3,6-9H,1,4-5H2,(H,21,22,24);1-3H3. The number of hydrogen-bond donors (Lipinski definition) is 1. The third kappa shape index (κ3) is 7.93. The largest absolute Gasteiger partial charge is 0.493 e. The first kappa shape index (κ1) is 26.5. The molecule has 2 heterocycles. The average Bonchev–Trinajstić information content (AvgIpc) is 3.21. The highest BCUT2D eigenvalue weighted by Gasteiger charge is 2.45. The second-order valence-electron chi connectivity index (χ2n) is 7.56. The lowest BCUT2D eigenvalue weighted by Crippen LogP contribution is -2.33. The summed E-state index contributed by atoms with van der Waals surface area (Å²) in [7, 11) is 0. The molecule has 1 aromatic carbocycles. The Kier molecular flexibility index (Phi) is 9.12. The van der Waals surface area contributed by atoms with E-state index in [1.807, 2.05) is 20.8 Å². The minimum atomic E-state index is -4.29. The van der Waals surface area contributed by atoms with E-state index in [0.29, 0.717) is 41.4 Å². The Bertz CT molecular complexity index is 1070. The van der Waals surface area contributed by atoms with E-state index in [1.165, 1.54) is 6.33 Å². The molecular formula is C20H22Cl2F3N5O3. The minimum absolute atomic E-state index is 0.0244. The monoisotopic (exact) mass is 507 g/mol. The minimum Gasteiger partial charge on any atom is -0.493 e. The summed E-state index contributed by atoms with van der Waals surface area (Å²) in [4.78, 5) is 21.6. The molecule has 0 atom stereocenters. The zero-order valence-electron chi connectivity index (χ0n) is 18.0. The van der Waals surface area contributed by atoms with Gasteiger partial charge in [-0.2, -0.15) is 18.6 Å². The van der Waals surface area contributed by atoms with Gasteiger partial charge in [-0.1, -0.05) is 0 Å². The number of hydrogen-bond acceptors (Lipinski definition) is 7. The van der Waals surface area contributed by atoms with Gasteiger partial charge in [0.15, 0.2) is 0 Å². The molecule has 0 aliphatic rings. The van der Waals surface area contributed by atoms with Gasteiger partial charge < -0.3 is 10.1 Å². The summed E-state index contributed by atoms with van der Waals surface area (Å²) in [6, 6.07) is 0.816. The van der Waals surface area contributed by atoms with Crippen LogP contribution in [0.2, 0.25) is 0 Å². The first-order valence-corrected chi connectivity index (χ1v) is 10.5. The Hall–Kier alpha value is -2.79. The fourth-order valence-electron chi connectivity index (χ4n) is 2.29. The topological polar surface area (TPSA) is 91.2 Å². The highest BCUT2D eigenvalue weighted by atomic mass is 35.5. The molecule has 13 heteroatoms. The Morgan fingerprint density at radius 1 is 1.24 bits per heavy atom. The molecule has 8 nitrogen and oxygen atoms in total. The highest BCUT2D eigenvalue weighted by molar-refractivity contribution is 6.23. The molecule has 2 aromatic heterocycles. The molecule has 3 rings (SSSR count). The first-order chi connectivity index (χ1) is 15.5. The van der Waals surface area contributed by atoms with Crippen LogP contribution < -0.4 is 10.1 Å². The van der Waals surface area contributed by atoms with Crippen LogP contribution in [0.1, 0.15) is 27.2 Å². The summed E-state index contributed by atoms with van der Waals surface area (Å²) < 4.78 is 44.6. The number of fused-ring (bicyclic) bond motifs is 1. The predicted octanol–water partition coefficient (Wildman–Crippen LogP) is 5.58. The van der Waals surface area contributed by atoms with Gasteiger partial charge in [-0.3, -0.25) is 0 Å². The van der Waals surface area contributed by atoms with Crippen molar-refractivity contribution in [2.75, 3.05) is 17.8 Å². The molecule has 0 radical (unpaired) electrons. The Labute approximate surface area is 197 Å². The Morgan fingerprint density at radius 3 is 2.58 bits per heavy atom. The van der Waals surface area contributed by atoms with Gasteiger partial charge in [-0.25, -0.2) is 19.7 Å². The molecule has 33 heavy (non-hydrogen) atoms. The molecule has 0 fully saturated rings. The smallest absolute Gasteiger partial charge is 0.445 e. The number of nitrogens with zero attached hydrogens (tertiary/aromatic N) is 4. The Balaban J connectivity index is 0.000000696. The molecule has 0 spiro atoms. The maximum Gasteiger partial charge on any atom is 0.445 e. The van der Waals surface area contributed by atoms with Crippen molar-refractivity contribution in [3.63, 3.8) is 0 Å². The molecule has 0 aliphatic heterocycles. The van der Waals surface area contributed by atoms with Crippen molar-refractivity contribution in [3.8, 4) is 5.75 Å². The van der Waals surface area contributed by atoms with Crippen molar-refractivity contribution in [1.82, 2.24) is 19.7 Å². The second-order valence-corrected chi connectivity index (χ2v) is 9.08. The van der Waals surface area contributed by atoms with Gasteiger partial charge in [0.2, 0.25) is 0 Å². The van der Waals surface area contributed by atoms with Crippen molar-refractivity contribution in [2.45, 2.75) is 38.1 Å². The average molecular weight is 508 g/mol. The van der Waals surface area contributed by atoms with Crippen LogP contribution in [0.5, 0.6) is 5.75 Å². The van der Waals surface area contributed by atoms with Gasteiger partial charge in [0.25, 0.3) is 0 Å². The summed E-state index contributed by atoms with van der Waals surface area (Å²) in [6.45, 7) is 6.32. The molecule has 0 saturated heterocycles. The van der Waals surface area contributed by atoms with E-state index in [1.54, 1.807) is 18.2 Å². The quantitative estimate of drug-likeness (QED) is 0.314. The molecule has 1 N–H and O–H groups in total. The maximum atomic E-state index is 13.6. The summed E-state index contributed by atoms with van der Waals surface area (Å²) in [6.07, 6.45) is 3.82. The van der Waals surface area contributed by atoms with E-state index in [-0.39, 0.29) is 15.2 Å². The summed E-state index contributed by atoms with van der Waals surface area (Å²) >= 11 is 11.1. The number of aromatic nitrogens is 4. The molecule has 0 saturated carbocycles. The number of alkyl halides is 4. The third-order valence-corrected chi connectivity index (χ3v) is 3.87. The van der Waals surface area contributed by atoms with Crippen LogP contribution in [0.15, 0.2) is 36.9 Å². The lowest BCUT2D eigenvalue weighted by molar-refractivity contribution is -0.227. The zero-order valence-corrected chi connectivity index (χ0v) is 19.5. The number of halogens is 5. The lowest BCUT2D eigenvalue weighted by atomic mass is 10.2. The van der Waals surface area contributed by atoms with Crippen molar-refractivity contribution in [3.05, 3.63) is 36.9 Å². The van der Waals surface area contributed by atoms with Crippen molar-refractivity contribution in [1.29, 1.82) is 0 Å². The maximum absolute atomic E-state index is 13.6. The van der Waals surface area contributed by atoms with Gasteiger partial charge >= 0.3 is 12.0 Å². The number of carbonyl (C=O) groups excluding carboxylic acids is 1. The van der Waals surface area contributed by atoms with Gasteiger partial charge in [0.05, 0.1) is 30.2 Å². The second kappa shape index (κ2) is 11.4. The van der Waals surface area contributed by atoms with Gasteiger partial charge in [-0.05, 0) is 39.3 Å². The van der Waals surface area contributed by atoms with E-state index in [2.05, 4.69) is 25.3 Å². The van der Waals surface area contributed by atoms with Gasteiger partial charge in [0.1, 0.15) is 17.9 Å². The fourth-order valence-corrected chi connectivity index (χ4v) is 2.40. The Morgan fingerprint density at radius 2 is 1.94 bits per heavy atom. The van der Waals surface area contributed by atoms with E-state index in [0.717, 1.165) is 12.4 Å². The van der Waals surface area contributed by atoms with Crippen LogP contribution in [0.3, 0.4) is 0 Å². The fraction of sp³-hybridized carbons (Fsp3) is 0.400. The summed E-state index contributed by atoms with van der Waals surface area (Å²) in [5.74, 6) is -0.983. The molecule has 0 unspecified atom stereocenters. The van der Waals surface area contributed by atoms with Crippen LogP contribution in [-0.2, 0) is 15.8 Å². The predicted molar refractivity (Wildman–Crippen MR) is 119 cm³/mol.